The maximum absolute atomic E-state index is 9.13. The van der Waals surface area contributed by atoms with Crippen LogP contribution in [0.25, 0.3) is 0 Å². The van der Waals surface area contributed by atoms with E-state index in [0.717, 1.165) is 11.4 Å². The fourth-order valence-corrected chi connectivity index (χ4v) is 1.08. The van der Waals surface area contributed by atoms with E-state index in [1.54, 1.807) is 7.11 Å². The SMILES string of the molecule is COc1ccccc1NC[C@H](O)CO. The van der Waals surface area contributed by atoms with Crippen molar-refractivity contribution in [1.29, 1.82) is 0 Å². The van der Waals surface area contributed by atoms with Gasteiger partial charge in [-0.2, -0.15) is 0 Å². The smallest absolute Gasteiger partial charge is 0.141 e. The van der Waals surface area contributed by atoms with Gasteiger partial charge in [-0.3, -0.25) is 0 Å². The van der Waals surface area contributed by atoms with Crippen molar-refractivity contribution in [2.24, 2.45) is 0 Å². The first-order valence-corrected chi connectivity index (χ1v) is 4.43. The summed E-state index contributed by atoms with van der Waals surface area (Å²) in [6.45, 7) is 0.0546. The van der Waals surface area contributed by atoms with Gasteiger partial charge in [-0.25, -0.2) is 0 Å². The van der Waals surface area contributed by atoms with Gasteiger partial charge in [0, 0.05) is 6.54 Å². The molecule has 0 amide bonds. The number of rotatable bonds is 5. The van der Waals surface area contributed by atoms with E-state index in [1.165, 1.54) is 0 Å². The number of aliphatic hydroxyl groups excluding tert-OH is 2. The van der Waals surface area contributed by atoms with Crippen molar-refractivity contribution < 1.29 is 14.9 Å². The van der Waals surface area contributed by atoms with Crippen LogP contribution in [0.15, 0.2) is 24.3 Å². The fraction of sp³-hybridized carbons (Fsp3) is 0.400. The van der Waals surface area contributed by atoms with Crippen LogP contribution in [0.5, 0.6) is 5.75 Å². The lowest BCUT2D eigenvalue weighted by Crippen LogP contribution is -2.23. The second-order valence-electron chi connectivity index (χ2n) is 2.92. The largest absolute Gasteiger partial charge is 0.495 e. The Morgan fingerprint density at radius 2 is 2.14 bits per heavy atom. The normalized spacial score (nSPS) is 12.2. The molecule has 0 aliphatic rings. The summed E-state index contributed by atoms with van der Waals surface area (Å²) in [5.41, 5.74) is 0.808. The van der Waals surface area contributed by atoms with E-state index in [4.69, 9.17) is 14.9 Å². The Morgan fingerprint density at radius 3 is 2.79 bits per heavy atom. The van der Waals surface area contributed by atoms with E-state index in [9.17, 15) is 0 Å². The lowest BCUT2D eigenvalue weighted by molar-refractivity contribution is 0.105. The van der Waals surface area contributed by atoms with Gasteiger partial charge in [0.1, 0.15) is 5.75 Å². The molecule has 0 heterocycles. The van der Waals surface area contributed by atoms with Gasteiger partial charge in [0.25, 0.3) is 0 Å². The highest BCUT2D eigenvalue weighted by atomic mass is 16.5. The highest BCUT2D eigenvalue weighted by molar-refractivity contribution is 5.56. The second kappa shape index (κ2) is 5.47. The van der Waals surface area contributed by atoms with Crippen LogP contribution in [0.1, 0.15) is 0 Å². The third-order valence-electron chi connectivity index (χ3n) is 1.85. The van der Waals surface area contributed by atoms with Gasteiger partial charge >= 0.3 is 0 Å². The Bertz CT molecular complexity index is 278. The van der Waals surface area contributed by atoms with E-state index < -0.39 is 6.10 Å². The molecule has 0 saturated carbocycles. The monoisotopic (exact) mass is 197 g/mol. The van der Waals surface area contributed by atoms with Crippen molar-refractivity contribution >= 4 is 5.69 Å². The molecular formula is C10H15NO3. The van der Waals surface area contributed by atoms with Crippen molar-refractivity contribution in [2.45, 2.75) is 6.10 Å². The van der Waals surface area contributed by atoms with Gasteiger partial charge in [0.15, 0.2) is 0 Å². The predicted octanol–water partition coefficient (Wildman–Crippen LogP) is 0.460. The molecule has 0 spiro atoms. The molecule has 78 valence electrons. The highest BCUT2D eigenvalue weighted by Crippen LogP contribution is 2.22. The van der Waals surface area contributed by atoms with Gasteiger partial charge in [0.05, 0.1) is 25.5 Å². The predicted molar refractivity (Wildman–Crippen MR) is 54.6 cm³/mol. The number of hydrogen-bond acceptors (Lipinski definition) is 4. The molecule has 1 rings (SSSR count). The lowest BCUT2D eigenvalue weighted by atomic mass is 10.3. The summed E-state index contributed by atoms with van der Waals surface area (Å²) >= 11 is 0. The van der Waals surface area contributed by atoms with Gasteiger partial charge in [-0.05, 0) is 12.1 Å². The zero-order valence-electron chi connectivity index (χ0n) is 8.10. The maximum Gasteiger partial charge on any atom is 0.141 e. The first kappa shape index (κ1) is 10.8. The van der Waals surface area contributed by atoms with E-state index in [1.807, 2.05) is 24.3 Å². The van der Waals surface area contributed by atoms with E-state index in [2.05, 4.69) is 5.32 Å². The average Bonchev–Trinajstić information content (AvgIpc) is 2.26. The molecule has 3 N–H and O–H groups in total. The van der Waals surface area contributed by atoms with E-state index in [0.29, 0.717) is 6.54 Å². The van der Waals surface area contributed by atoms with Crippen molar-refractivity contribution in [3.63, 3.8) is 0 Å². The third kappa shape index (κ3) is 2.90. The third-order valence-corrected chi connectivity index (χ3v) is 1.85. The molecule has 0 aromatic heterocycles. The molecule has 0 saturated heterocycles. The summed E-state index contributed by atoms with van der Waals surface area (Å²) in [6.07, 6.45) is -0.750. The molecule has 0 aliphatic heterocycles. The number of benzene rings is 1. The first-order chi connectivity index (χ1) is 6.77. The van der Waals surface area contributed by atoms with E-state index >= 15 is 0 Å². The molecule has 4 nitrogen and oxygen atoms in total. The zero-order chi connectivity index (χ0) is 10.4. The molecule has 0 bridgehead atoms. The van der Waals surface area contributed by atoms with Crippen LogP contribution < -0.4 is 10.1 Å². The van der Waals surface area contributed by atoms with Gasteiger partial charge in [-0.15, -0.1) is 0 Å². The number of para-hydroxylation sites is 2. The molecule has 14 heavy (non-hydrogen) atoms. The molecule has 0 radical (unpaired) electrons. The summed E-state index contributed by atoms with van der Waals surface area (Å²) in [5.74, 6) is 0.720. The van der Waals surface area contributed by atoms with Crippen molar-refractivity contribution in [3.05, 3.63) is 24.3 Å². The number of anilines is 1. The molecule has 0 fully saturated rings. The van der Waals surface area contributed by atoms with Crippen LogP contribution in [-0.4, -0.2) is 36.6 Å². The summed E-state index contributed by atoms with van der Waals surface area (Å²) in [6, 6.07) is 7.42. The van der Waals surface area contributed by atoms with Crippen molar-refractivity contribution in [3.8, 4) is 5.75 Å². The highest BCUT2D eigenvalue weighted by Gasteiger charge is 2.04. The number of aliphatic hydroxyl groups is 2. The number of hydrogen-bond donors (Lipinski definition) is 3. The summed E-state index contributed by atoms with van der Waals surface area (Å²) in [5, 5.41) is 20.7. The summed E-state index contributed by atoms with van der Waals surface area (Å²) < 4.78 is 5.10. The van der Waals surface area contributed by atoms with Gasteiger partial charge in [0.2, 0.25) is 0 Å². The van der Waals surface area contributed by atoms with Crippen LogP contribution in [0.3, 0.4) is 0 Å². The Hall–Kier alpha value is -1.26. The molecule has 0 aliphatic carbocycles. The standard InChI is InChI=1S/C10H15NO3/c1-14-10-5-3-2-4-9(10)11-6-8(13)7-12/h2-5,8,11-13H,6-7H2,1H3/t8-/m0/s1. The Labute approximate surface area is 83.1 Å². The van der Waals surface area contributed by atoms with Crippen LogP contribution in [0.2, 0.25) is 0 Å². The maximum atomic E-state index is 9.13. The molecule has 4 heteroatoms. The van der Waals surface area contributed by atoms with Crippen molar-refractivity contribution in [1.82, 2.24) is 0 Å². The first-order valence-electron chi connectivity index (χ1n) is 4.43. The van der Waals surface area contributed by atoms with Crippen LogP contribution in [0.4, 0.5) is 5.69 Å². The lowest BCUT2D eigenvalue weighted by Gasteiger charge is -2.12. The van der Waals surface area contributed by atoms with E-state index in [-0.39, 0.29) is 6.61 Å². The summed E-state index contributed by atoms with van der Waals surface area (Å²) in [4.78, 5) is 0. The summed E-state index contributed by atoms with van der Waals surface area (Å²) in [7, 11) is 1.59. The Morgan fingerprint density at radius 1 is 1.43 bits per heavy atom. The molecule has 0 unspecified atom stereocenters. The van der Waals surface area contributed by atoms with Crippen LogP contribution >= 0.6 is 0 Å². The minimum absolute atomic E-state index is 0.248. The fourth-order valence-electron chi connectivity index (χ4n) is 1.08. The topological polar surface area (TPSA) is 61.7 Å². The minimum atomic E-state index is -0.750. The molecular weight excluding hydrogens is 182 g/mol. The van der Waals surface area contributed by atoms with Gasteiger partial charge in [-0.1, -0.05) is 12.1 Å². The molecule has 1 atom stereocenters. The quantitative estimate of drug-likeness (QED) is 0.641. The number of methoxy groups -OCH3 is 1. The Balaban J connectivity index is 2.57. The molecule has 1 aromatic carbocycles. The number of nitrogens with one attached hydrogen (secondary N) is 1. The number of ether oxygens (including phenoxy) is 1. The Kier molecular flexibility index (Phi) is 4.22. The average molecular weight is 197 g/mol. The second-order valence-corrected chi connectivity index (χ2v) is 2.92. The van der Waals surface area contributed by atoms with Crippen LogP contribution in [-0.2, 0) is 0 Å². The van der Waals surface area contributed by atoms with Gasteiger partial charge < -0.3 is 20.3 Å². The minimum Gasteiger partial charge on any atom is -0.495 e. The molecule has 1 aromatic rings. The van der Waals surface area contributed by atoms with Crippen molar-refractivity contribution in [2.75, 3.05) is 25.6 Å². The zero-order valence-corrected chi connectivity index (χ0v) is 8.10. The van der Waals surface area contributed by atoms with Crippen LogP contribution in [0, 0.1) is 0 Å².